The number of esters is 2. The van der Waals surface area contributed by atoms with Crippen molar-refractivity contribution in [1.82, 2.24) is 0 Å². The molecular formula is C39H70NO4+. The summed E-state index contributed by atoms with van der Waals surface area (Å²) in [7, 11) is 0. The second kappa shape index (κ2) is 27.4. The number of hydrogen-bond acceptors (Lipinski definition) is 4. The van der Waals surface area contributed by atoms with Crippen LogP contribution in [0.3, 0.4) is 0 Å². The van der Waals surface area contributed by atoms with Crippen molar-refractivity contribution in [2.75, 3.05) is 6.61 Å². The standard InChI is InChI=1S/C39H70NO4/c1-6-8-10-12-14-16-18-20-22-24-26-28-38(41)43-33-37(32-40-35(4)30-34(3)31-36(40)5)44-39(42)29-27-25-23-21-19-17-15-13-11-9-7-2/h30-31,37H,6-29,32-33H2,1-5H3/q+1. The maximum absolute atomic E-state index is 12.8. The van der Waals surface area contributed by atoms with Gasteiger partial charge in [0.1, 0.15) is 6.61 Å². The molecule has 44 heavy (non-hydrogen) atoms. The van der Waals surface area contributed by atoms with Gasteiger partial charge in [0.2, 0.25) is 0 Å². The van der Waals surface area contributed by atoms with Crippen LogP contribution in [0.5, 0.6) is 0 Å². The fourth-order valence-electron chi connectivity index (χ4n) is 6.12. The normalized spacial score (nSPS) is 11.9. The minimum Gasteiger partial charge on any atom is -0.461 e. The number of hydrogen-bond donors (Lipinski definition) is 0. The Morgan fingerprint density at radius 2 is 0.932 bits per heavy atom. The summed E-state index contributed by atoms with van der Waals surface area (Å²) in [5.74, 6) is -0.370. The molecule has 0 spiro atoms. The molecular weight excluding hydrogens is 546 g/mol. The Labute approximate surface area is 272 Å². The lowest BCUT2D eigenvalue weighted by molar-refractivity contribution is -0.714. The monoisotopic (exact) mass is 617 g/mol. The molecule has 0 aliphatic carbocycles. The van der Waals surface area contributed by atoms with E-state index in [1.807, 2.05) is 0 Å². The van der Waals surface area contributed by atoms with E-state index in [1.165, 1.54) is 121 Å². The first-order valence-electron chi connectivity index (χ1n) is 18.7. The Kier molecular flexibility index (Phi) is 25.0. The number of unbranched alkanes of at least 4 members (excludes halogenated alkanes) is 20. The summed E-state index contributed by atoms with van der Waals surface area (Å²) < 4.78 is 13.7. The average molecular weight is 617 g/mol. The number of aromatic nitrogens is 1. The van der Waals surface area contributed by atoms with Crippen LogP contribution in [0.25, 0.3) is 0 Å². The molecule has 0 aliphatic heterocycles. The Hall–Kier alpha value is -1.91. The Morgan fingerprint density at radius 1 is 0.568 bits per heavy atom. The van der Waals surface area contributed by atoms with Crippen LogP contribution in [0, 0.1) is 20.8 Å². The molecule has 5 heteroatoms. The van der Waals surface area contributed by atoms with E-state index in [0.717, 1.165) is 37.1 Å². The summed E-state index contributed by atoms with van der Waals surface area (Å²) in [6.07, 6.45) is 27.9. The number of carbonyl (C=O) groups excluding carboxylic acids is 2. The van der Waals surface area contributed by atoms with Gasteiger partial charge in [-0.2, -0.15) is 4.57 Å². The smallest absolute Gasteiger partial charge is 0.306 e. The zero-order chi connectivity index (χ0) is 32.3. The molecule has 0 amide bonds. The summed E-state index contributed by atoms with van der Waals surface area (Å²) in [6, 6.07) is 4.27. The minimum atomic E-state index is -0.485. The van der Waals surface area contributed by atoms with Crippen molar-refractivity contribution in [3.63, 3.8) is 0 Å². The van der Waals surface area contributed by atoms with Crippen LogP contribution >= 0.6 is 0 Å². The molecule has 5 nitrogen and oxygen atoms in total. The molecule has 1 rings (SSSR count). The van der Waals surface area contributed by atoms with Crippen molar-refractivity contribution in [2.24, 2.45) is 0 Å². The summed E-state index contributed by atoms with van der Waals surface area (Å²) >= 11 is 0. The molecule has 0 bridgehead atoms. The molecule has 254 valence electrons. The molecule has 1 aromatic rings. The van der Waals surface area contributed by atoms with E-state index >= 15 is 0 Å². The maximum atomic E-state index is 12.8. The molecule has 1 unspecified atom stereocenters. The maximum Gasteiger partial charge on any atom is 0.306 e. The van der Waals surface area contributed by atoms with E-state index in [4.69, 9.17) is 9.47 Å². The third kappa shape index (κ3) is 21.7. The van der Waals surface area contributed by atoms with Gasteiger partial charge in [-0.15, -0.1) is 0 Å². The number of rotatable bonds is 29. The average Bonchev–Trinajstić information content (AvgIpc) is 2.99. The number of nitrogens with zero attached hydrogens (tertiary/aromatic N) is 1. The summed E-state index contributed by atoms with van der Waals surface area (Å²) in [5.41, 5.74) is 3.43. The van der Waals surface area contributed by atoms with Crippen molar-refractivity contribution < 1.29 is 23.6 Å². The first-order chi connectivity index (χ1) is 21.4. The van der Waals surface area contributed by atoms with Gasteiger partial charge < -0.3 is 9.47 Å². The van der Waals surface area contributed by atoms with Crippen LogP contribution in [0.4, 0.5) is 0 Å². The van der Waals surface area contributed by atoms with Crippen molar-refractivity contribution in [2.45, 2.75) is 201 Å². The van der Waals surface area contributed by atoms with Gasteiger partial charge in [0, 0.05) is 38.8 Å². The Bertz CT molecular complexity index is 845. The summed E-state index contributed by atoms with van der Waals surface area (Å²) in [5, 5.41) is 0. The molecule has 0 N–H and O–H groups in total. The molecule has 1 aromatic heterocycles. The van der Waals surface area contributed by atoms with Crippen molar-refractivity contribution in [3.8, 4) is 0 Å². The number of carbonyl (C=O) groups is 2. The lowest BCUT2D eigenvalue weighted by Gasteiger charge is -2.17. The SMILES string of the molecule is CCCCCCCCCCCCCC(=O)OCC(C[n+]1c(C)cc(C)cc1C)OC(=O)CCCCCCCCCCCCC. The van der Waals surface area contributed by atoms with Gasteiger partial charge in [0.15, 0.2) is 24.0 Å². The molecule has 0 fully saturated rings. The van der Waals surface area contributed by atoms with E-state index in [0.29, 0.717) is 19.4 Å². The first-order valence-corrected chi connectivity index (χ1v) is 18.7. The Balaban J connectivity index is 2.37. The van der Waals surface area contributed by atoms with Crippen LogP contribution in [-0.2, 0) is 25.6 Å². The second-order valence-corrected chi connectivity index (χ2v) is 13.3. The highest BCUT2D eigenvalue weighted by Crippen LogP contribution is 2.14. The predicted molar refractivity (Wildman–Crippen MR) is 184 cm³/mol. The topological polar surface area (TPSA) is 56.5 Å². The summed E-state index contributed by atoms with van der Waals surface area (Å²) in [6.45, 7) is 11.4. The zero-order valence-electron chi connectivity index (χ0n) is 29.7. The van der Waals surface area contributed by atoms with E-state index in [2.05, 4.69) is 51.3 Å². The van der Waals surface area contributed by atoms with E-state index < -0.39 is 6.10 Å². The van der Waals surface area contributed by atoms with Crippen LogP contribution in [0.1, 0.15) is 185 Å². The molecule has 0 aromatic carbocycles. The van der Waals surface area contributed by atoms with Crippen molar-refractivity contribution in [3.05, 3.63) is 29.1 Å². The highest BCUT2D eigenvalue weighted by Gasteiger charge is 2.24. The largest absolute Gasteiger partial charge is 0.461 e. The van der Waals surface area contributed by atoms with Gasteiger partial charge in [-0.25, -0.2) is 0 Å². The fourth-order valence-corrected chi connectivity index (χ4v) is 6.12. The van der Waals surface area contributed by atoms with Crippen LogP contribution in [-0.4, -0.2) is 24.6 Å². The van der Waals surface area contributed by atoms with Crippen LogP contribution in [0.2, 0.25) is 0 Å². The number of ether oxygens (including phenoxy) is 2. The van der Waals surface area contributed by atoms with E-state index in [-0.39, 0.29) is 18.5 Å². The highest BCUT2D eigenvalue weighted by atomic mass is 16.6. The zero-order valence-corrected chi connectivity index (χ0v) is 29.7. The quantitative estimate of drug-likeness (QED) is 0.0510. The predicted octanol–water partition coefficient (Wildman–Crippen LogP) is 10.8. The van der Waals surface area contributed by atoms with Crippen molar-refractivity contribution >= 4 is 11.9 Å². The van der Waals surface area contributed by atoms with Gasteiger partial charge in [-0.3, -0.25) is 9.59 Å². The molecule has 1 atom stereocenters. The van der Waals surface area contributed by atoms with E-state index in [1.54, 1.807) is 0 Å². The lowest BCUT2D eigenvalue weighted by atomic mass is 10.1. The van der Waals surface area contributed by atoms with Crippen LogP contribution < -0.4 is 4.57 Å². The first kappa shape index (κ1) is 40.1. The molecule has 1 heterocycles. The van der Waals surface area contributed by atoms with E-state index in [9.17, 15) is 9.59 Å². The lowest BCUT2D eigenvalue weighted by Crippen LogP contribution is -2.48. The Morgan fingerprint density at radius 3 is 1.34 bits per heavy atom. The van der Waals surface area contributed by atoms with Crippen molar-refractivity contribution in [1.29, 1.82) is 0 Å². The number of pyridine rings is 1. The van der Waals surface area contributed by atoms with Gasteiger partial charge in [0.25, 0.3) is 0 Å². The second-order valence-electron chi connectivity index (χ2n) is 13.3. The molecule has 0 radical (unpaired) electrons. The minimum absolute atomic E-state index is 0.112. The number of aryl methyl sites for hydroxylation is 3. The van der Waals surface area contributed by atoms with Crippen LogP contribution in [0.15, 0.2) is 12.1 Å². The van der Waals surface area contributed by atoms with Gasteiger partial charge in [-0.05, 0) is 25.3 Å². The molecule has 0 saturated carbocycles. The highest BCUT2D eigenvalue weighted by molar-refractivity contribution is 5.70. The third-order valence-electron chi connectivity index (χ3n) is 8.81. The van der Waals surface area contributed by atoms with Gasteiger partial charge in [-0.1, -0.05) is 142 Å². The summed E-state index contributed by atoms with van der Waals surface area (Å²) in [4.78, 5) is 25.3. The molecule has 0 saturated heterocycles. The molecule has 0 aliphatic rings. The fraction of sp³-hybridized carbons (Fsp3) is 0.821. The third-order valence-corrected chi connectivity index (χ3v) is 8.81. The van der Waals surface area contributed by atoms with Gasteiger partial charge in [0.05, 0.1) is 0 Å². The van der Waals surface area contributed by atoms with Gasteiger partial charge >= 0.3 is 11.9 Å².